The van der Waals surface area contributed by atoms with E-state index in [-0.39, 0.29) is 5.75 Å². The number of aromatic nitrogens is 1. The van der Waals surface area contributed by atoms with Gasteiger partial charge in [0.25, 0.3) is 0 Å². The molecule has 0 amide bonds. The number of methoxy groups -OCH3 is 1. The maximum Gasteiger partial charge on any atom is 0.227 e. The van der Waals surface area contributed by atoms with Crippen LogP contribution < -0.4 is 4.74 Å². The summed E-state index contributed by atoms with van der Waals surface area (Å²) in [4.78, 5) is 9.13. The Labute approximate surface area is 189 Å². The van der Waals surface area contributed by atoms with E-state index in [4.69, 9.17) is 9.15 Å². The zero-order valence-corrected chi connectivity index (χ0v) is 19.2. The smallest absolute Gasteiger partial charge is 0.227 e. The molecule has 0 spiro atoms. The molecular weight excluding hydrogens is 456 g/mol. The Morgan fingerprint density at radius 2 is 1.94 bits per heavy atom. The molecule has 31 heavy (non-hydrogen) atoms. The molecule has 0 saturated carbocycles. The van der Waals surface area contributed by atoms with E-state index in [2.05, 4.69) is 51.9 Å². The normalized spacial score (nSPS) is 12.5. The number of aromatic hydroxyl groups is 1. The first-order valence-electron chi connectivity index (χ1n) is 10.1. The Morgan fingerprint density at radius 3 is 2.65 bits per heavy atom. The van der Waals surface area contributed by atoms with Gasteiger partial charge in [-0.2, -0.15) is 0 Å². The Hall–Kier alpha value is -3.12. The molecule has 0 aliphatic heterocycles. The van der Waals surface area contributed by atoms with Crippen LogP contribution in [0.4, 0.5) is 5.69 Å². The predicted octanol–water partition coefficient (Wildman–Crippen LogP) is 7.24. The average Bonchev–Trinajstić information content (AvgIpc) is 3.22. The highest BCUT2D eigenvalue weighted by Crippen LogP contribution is 2.33. The maximum absolute atomic E-state index is 10.3. The van der Waals surface area contributed by atoms with Crippen LogP contribution in [0.1, 0.15) is 37.3 Å². The van der Waals surface area contributed by atoms with Crippen molar-refractivity contribution in [3.8, 4) is 23.0 Å². The van der Waals surface area contributed by atoms with Crippen LogP contribution in [-0.4, -0.2) is 23.4 Å². The zero-order valence-electron chi connectivity index (χ0n) is 17.6. The first-order valence-corrected chi connectivity index (χ1v) is 10.9. The van der Waals surface area contributed by atoms with Crippen molar-refractivity contribution in [2.45, 2.75) is 26.2 Å². The van der Waals surface area contributed by atoms with E-state index in [0.717, 1.165) is 33.2 Å². The lowest BCUT2D eigenvalue weighted by atomic mass is 9.98. The van der Waals surface area contributed by atoms with Crippen molar-refractivity contribution >= 4 is 38.9 Å². The van der Waals surface area contributed by atoms with E-state index in [1.54, 1.807) is 18.3 Å². The van der Waals surface area contributed by atoms with Crippen LogP contribution in [0.3, 0.4) is 0 Å². The average molecular weight is 479 g/mol. The van der Waals surface area contributed by atoms with E-state index < -0.39 is 0 Å². The van der Waals surface area contributed by atoms with Crippen molar-refractivity contribution < 1.29 is 14.3 Å². The van der Waals surface area contributed by atoms with Gasteiger partial charge in [-0.1, -0.05) is 35.8 Å². The third kappa shape index (κ3) is 4.49. The third-order valence-electron chi connectivity index (χ3n) is 5.35. The highest BCUT2D eigenvalue weighted by Gasteiger charge is 2.11. The molecule has 4 rings (SSSR count). The first kappa shape index (κ1) is 21.1. The summed E-state index contributed by atoms with van der Waals surface area (Å²) >= 11 is 3.41. The van der Waals surface area contributed by atoms with Gasteiger partial charge in [-0.15, -0.1) is 0 Å². The number of fused-ring (bicyclic) bond motifs is 1. The Balaban J connectivity index is 1.57. The van der Waals surface area contributed by atoms with Crippen LogP contribution >= 0.6 is 15.9 Å². The second-order valence-corrected chi connectivity index (χ2v) is 8.32. The summed E-state index contributed by atoms with van der Waals surface area (Å²) in [5.41, 5.74) is 5.11. The fourth-order valence-electron chi connectivity index (χ4n) is 3.29. The van der Waals surface area contributed by atoms with E-state index >= 15 is 0 Å². The molecule has 0 aliphatic rings. The number of hydrogen-bond donors (Lipinski definition) is 1. The highest BCUT2D eigenvalue weighted by molar-refractivity contribution is 9.10. The number of oxazole rings is 1. The lowest BCUT2D eigenvalue weighted by Gasteiger charge is -2.07. The molecule has 1 N–H and O–H groups in total. The minimum absolute atomic E-state index is 0.0503. The molecule has 1 unspecified atom stereocenters. The monoisotopic (exact) mass is 478 g/mol. The highest BCUT2D eigenvalue weighted by atomic mass is 79.9. The topological polar surface area (TPSA) is 67.9 Å². The summed E-state index contributed by atoms with van der Waals surface area (Å²) in [6.07, 6.45) is 2.69. The molecule has 3 aromatic carbocycles. The van der Waals surface area contributed by atoms with Crippen molar-refractivity contribution in [1.29, 1.82) is 0 Å². The molecule has 0 bridgehead atoms. The van der Waals surface area contributed by atoms with Gasteiger partial charge >= 0.3 is 0 Å². The summed E-state index contributed by atoms with van der Waals surface area (Å²) in [5.74, 6) is 1.51. The van der Waals surface area contributed by atoms with E-state index in [9.17, 15) is 5.11 Å². The summed E-state index contributed by atoms with van der Waals surface area (Å²) in [6, 6.07) is 17.3. The Bertz CT molecular complexity index is 1250. The van der Waals surface area contributed by atoms with E-state index in [1.807, 2.05) is 30.3 Å². The van der Waals surface area contributed by atoms with Gasteiger partial charge in [0.1, 0.15) is 5.52 Å². The molecule has 0 fully saturated rings. The van der Waals surface area contributed by atoms with Crippen LogP contribution in [0.25, 0.3) is 22.6 Å². The number of phenolic OH excluding ortho intramolecular Hbond substituents is 1. The molecule has 1 aromatic heterocycles. The van der Waals surface area contributed by atoms with Crippen LogP contribution in [0.2, 0.25) is 0 Å². The molecule has 0 radical (unpaired) electrons. The van der Waals surface area contributed by atoms with E-state index in [1.165, 1.54) is 12.7 Å². The maximum atomic E-state index is 10.3. The number of phenols is 1. The SMILES string of the molecule is CCC(C)c1ccc2oc(-c3ccc(N=Cc4cc(Br)cc(OC)c4O)cc3)nc2c1. The number of hydrogen-bond acceptors (Lipinski definition) is 5. The largest absolute Gasteiger partial charge is 0.504 e. The lowest BCUT2D eigenvalue weighted by Crippen LogP contribution is -1.90. The predicted molar refractivity (Wildman–Crippen MR) is 128 cm³/mol. The minimum atomic E-state index is 0.0503. The molecule has 0 aliphatic carbocycles. The number of nitrogens with zero attached hydrogens (tertiary/aromatic N) is 2. The van der Waals surface area contributed by atoms with Gasteiger partial charge in [-0.05, 0) is 66.4 Å². The molecule has 5 nitrogen and oxygen atoms in total. The molecule has 1 atom stereocenters. The van der Waals surface area contributed by atoms with Crippen molar-refractivity contribution in [3.05, 3.63) is 70.2 Å². The van der Waals surface area contributed by atoms with Gasteiger partial charge < -0.3 is 14.3 Å². The Kier molecular flexibility index (Phi) is 6.09. The van der Waals surface area contributed by atoms with Crippen LogP contribution in [-0.2, 0) is 0 Å². The lowest BCUT2D eigenvalue weighted by molar-refractivity contribution is 0.373. The zero-order chi connectivity index (χ0) is 22.0. The molecule has 158 valence electrons. The molecule has 4 aromatic rings. The Morgan fingerprint density at radius 1 is 1.16 bits per heavy atom. The molecule has 1 heterocycles. The summed E-state index contributed by atoms with van der Waals surface area (Å²) < 4.78 is 11.9. The number of halogens is 1. The van der Waals surface area contributed by atoms with E-state index in [0.29, 0.717) is 23.1 Å². The molecule has 6 heteroatoms. The van der Waals surface area contributed by atoms with Crippen LogP contribution in [0, 0.1) is 0 Å². The van der Waals surface area contributed by atoms with Gasteiger partial charge in [-0.25, -0.2) is 4.98 Å². The second-order valence-electron chi connectivity index (χ2n) is 7.41. The first-order chi connectivity index (χ1) is 15.0. The van der Waals surface area contributed by atoms with Crippen molar-refractivity contribution in [2.75, 3.05) is 7.11 Å². The van der Waals surface area contributed by atoms with Gasteiger partial charge in [0.15, 0.2) is 17.1 Å². The minimum Gasteiger partial charge on any atom is -0.504 e. The summed E-state index contributed by atoms with van der Waals surface area (Å²) in [6.45, 7) is 4.40. The fraction of sp³-hybridized carbons (Fsp3) is 0.200. The van der Waals surface area contributed by atoms with Crippen LogP contribution in [0.15, 0.2) is 68.5 Å². The number of ether oxygens (including phenoxy) is 1. The quantitative estimate of drug-likeness (QED) is 0.296. The van der Waals surface area contributed by atoms with Crippen molar-refractivity contribution in [1.82, 2.24) is 4.98 Å². The molecule has 0 saturated heterocycles. The fourth-order valence-corrected chi connectivity index (χ4v) is 3.75. The van der Waals surface area contributed by atoms with Gasteiger partial charge in [0.2, 0.25) is 5.89 Å². The van der Waals surface area contributed by atoms with Gasteiger partial charge in [-0.3, -0.25) is 4.99 Å². The second kappa shape index (κ2) is 8.94. The molecular formula is C25H23BrN2O3. The van der Waals surface area contributed by atoms with Crippen molar-refractivity contribution in [2.24, 2.45) is 4.99 Å². The number of rotatable bonds is 6. The van der Waals surface area contributed by atoms with Gasteiger partial charge in [0.05, 0.1) is 12.8 Å². The number of benzene rings is 3. The third-order valence-corrected chi connectivity index (χ3v) is 5.81. The number of aliphatic imine (C=N–C) groups is 1. The van der Waals surface area contributed by atoms with Gasteiger partial charge in [0, 0.05) is 21.8 Å². The van der Waals surface area contributed by atoms with Crippen LogP contribution in [0.5, 0.6) is 11.5 Å². The standard InChI is InChI=1S/C25H23BrN2O3/c1-4-15(2)17-7-10-22-21(12-17)28-25(31-22)16-5-8-20(9-6-16)27-14-18-11-19(26)13-23(30-3)24(18)29/h5-15,29H,4H2,1-3H3. The van der Waals surface area contributed by atoms with Crippen molar-refractivity contribution in [3.63, 3.8) is 0 Å². The summed E-state index contributed by atoms with van der Waals surface area (Å²) in [5, 5.41) is 10.3. The summed E-state index contributed by atoms with van der Waals surface area (Å²) in [7, 11) is 1.51.